The number of carboxylic acid groups (broad SMARTS) is 1. The van der Waals surface area contributed by atoms with E-state index < -0.39 is 5.97 Å². The monoisotopic (exact) mass is 422 g/mol. The van der Waals surface area contributed by atoms with Crippen molar-refractivity contribution in [2.24, 2.45) is 0 Å². The average molecular weight is 423 g/mol. The van der Waals surface area contributed by atoms with E-state index in [0.717, 1.165) is 28.7 Å². The van der Waals surface area contributed by atoms with Gasteiger partial charge < -0.3 is 5.11 Å². The highest BCUT2D eigenvalue weighted by Crippen LogP contribution is 2.33. The Morgan fingerprint density at radius 2 is 2.07 bits per heavy atom. The van der Waals surface area contributed by atoms with Crippen LogP contribution < -0.4 is 9.44 Å². The second-order valence-electron chi connectivity index (χ2n) is 5.84. The highest BCUT2D eigenvalue weighted by atomic mass is 32.2. The molecule has 3 rings (SSSR count). The highest BCUT2D eigenvalue weighted by Gasteiger charge is 2.32. The summed E-state index contributed by atoms with van der Waals surface area (Å²) >= 11 is 7.41. The van der Waals surface area contributed by atoms with Crippen molar-refractivity contribution < 1.29 is 19.3 Å². The second-order valence-corrected chi connectivity index (χ2v) is 8.53. The first-order valence-corrected chi connectivity index (χ1v) is 10.1. The van der Waals surface area contributed by atoms with Gasteiger partial charge in [0.05, 0.1) is 17.3 Å². The normalized spacial score (nSPS) is 15.7. The fourth-order valence-electron chi connectivity index (χ4n) is 2.47. The van der Waals surface area contributed by atoms with Crippen LogP contribution in [0.25, 0.3) is 11.9 Å². The summed E-state index contributed by atoms with van der Waals surface area (Å²) in [6.45, 7) is 2.23. The molecule has 1 fully saturated rings. The summed E-state index contributed by atoms with van der Waals surface area (Å²) in [4.78, 5) is 40.1. The third-order valence-corrected chi connectivity index (χ3v) is 6.02. The van der Waals surface area contributed by atoms with Gasteiger partial charge in [-0.2, -0.15) is 4.98 Å². The maximum atomic E-state index is 12.6. The van der Waals surface area contributed by atoms with Gasteiger partial charge in [-0.1, -0.05) is 24.0 Å². The Labute approximate surface area is 168 Å². The van der Waals surface area contributed by atoms with Crippen LogP contribution in [0, 0.1) is 6.92 Å². The van der Waals surface area contributed by atoms with E-state index in [1.165, 1.54) is 4.90 Å². The molecule has 0 unspecified atom stereocenters. The molecule has 0 bridgehead atoms. The molecule has 2 aromatic rings. The molecular formula is C17H16N3O4S3+. The number of amides is 1. The molecule has 1 amide bonds. The number of aromatic nitrogens is 2. The smallest absolute Gasteiger partial charge is 0.390 e. The van der Waals surface area contributed by atoms with Gasteiger partial charge in [0.1, 0.15) is 9.20 Å². The van der Waals surface area contributed by atoms with Crippen LogP contribution >= 0.6 is 35.3 Å². The fourth-order valence-corrected chi connectivity index (χ4v) is 4.61. The Balaban J connectivity index is 1.86. The summed E-state index contributed by atoms with van der Waals surface area (Å²) in [5, 5.41) is 8.74. The number of nitrogens with one attached hydrogen (secondary N) is 1. The minimum absolute atomic E-state index is 0.0241. The number of carbonyl (C=O) groups is 2. The zero-order chi connectivity index (χ0) is 19.6. The number of carboxylic acids is 1. The number of thioether (sulfide) groups is 1. The zero-order valence-corrected chi connectivity index (χ0v) is 16.7. The minimum atomic E-state index is -0.909. The zero-order valence-electron chi connectivity index (χ0n) is 14.3. The van der Waals surface area contributed by atoms with E-state index in [1.807, 2.05) is 31.5 Å². The van der Waals surface area contributed by atoms with Crippen molar-refractivity contribution in [3.05, 3.63) is 49.5 Å². The first-order valence-electron chi connectivity index (χ1n) is 8.03. The van der Waals surface area contributed by atoms with E-state index in [1.54, 1.807) is 10.6 Å². The van der Waals surface area contributed by atoms with Crippen LogP contribution in [0.5, 0.6) is 0 Å². The van der Waals surface area contributed by atoms with Crippen LogP contribution in [0.4, 0.5) is 0 Å². The summed E-state index contributed by atoms with van der Waals surface area (Å²) in [7, 11) is 0. The van der Waals surface area contributed by atoms with E-state index in [0.29, 0.717) is 26.3 Å². The molecule has 140 valence electrons. The lowest BCUT2D eigenvalue weighted by molar-refractivity contribution is -0.599. The van der Waals surface area contributed by atoms with Crippen LogP contribution in [-0.4, -0.2) is 37.7 Å². The molecule has 0 atom stereocenters. The lowest BCUT2D eigenvalue weighted by atomic mass is 10.3. The number of H-pyrrole nitrogens is 1. The van der Waals surface area contributed by atoms with Crippen molar-refractivity contribution in [1.29, 1.82) is 0 Å². The van der Waals surface area contributed by atoms with E-state index in [2.05, 4.69) is 4.98 Å². The molecular weight excluding hydrogens is 406 g/mol. The van der Waals surface area contributed by atoms with Crippen LogP contribution in [0.3, 0.4) is 0 Å². The third kappa shape index (κ3) is 4.52. The first kappa shape index (κ1) is 19.5. The van der Waals surface area contributed by atoms with Gasteiger partial charge in [0.2, 0.25) is 0 Å². The minimum Gasteiger partial charge on any atom is -0.481 e. The average Bonchev–Trinajstić information content (AvgIpc) is 3.09. The van der Waals surface area contributed by atoms with Crippen molar-refractivity contribution in [1.82, 2.24) is 9.88 Å². The van der Waals surface area contributed by atoms with Gasteiger partial charge in [0, 0.05) is 13.0 Å². The summed E-state index contributed by atoms with van der Waals surface area (Å²) in [5.74, 6) is -0.593. The summed E-state index contributed by atoms with van der Waals surface area (Å²) in [6.07, 6.45) is 5.63. The molecule has 1 aliphatic heterocycles. The first-order chi connectivity index (χ1) is 12.8. The van der Waals surface area contributed by atoms with Crippen LogP contribution in [-0.2, 0) is 9.59 Å². The molecule has 0 aromatic carbocycles. The number of thiazole rings is 1. The molecule has 0 spiro atoms. The summed E-state index contributed by atoms with van der Waals surface area (Å²) < 4.78 is 2.17. The molecule has 2 aromatic heterocycles. The molecule has 3 heterocycles. The number of nitrogens with zero attached hydrogens (tertiary/aromatic N) is 2. The second kappa shape index (κ2) is 8.15. The van der Waals surface area contributed by atoms with Crippen molar-refractivity contribution in [3.63, 3.8) is 0 Å². The maximum Gasteiger partial charge on any atom is 0.390 e. The van der Waals surface area contributed by atoms with Crippen molar-refractivity contribution in [2.45, 2.75) is 19.8 Å². The Morgan fingerprint density at radius 3 is 2.74 bits per heavy atom. The molecule has 0 radical (unpaired) electrons. The number of aromatic amines is 1. The molecule has 0 saturated carbocycles. The number of hydrogen-bond acceptors (Lipinski definition) is 6. The fraction of sp³-hybridized carbons (Fsp3) is 0.235. The standard InChI is InChI=1S/C17H15N3O4S3/c1-10-4-7-19(8-5-10)14-11(26-16(24)18-14)9-12-15(23)20(17(25)27-12)6-2-3-13(21)22/h4-5,7-9H,2-3,6H2,1H3,(H-,18,21,22,23,24)/p+1. The SMILES string of the molecule is Cc1cc[n+](-c2[nH]c(=O)sc2C=C2SC(=S)N(CCCC(=O)O)C2=O)cc1. The van der Waals surface area contributed by atoms with Gasteiger partial charge in [-0.25, -0.2) is 9.36 Å². The maximum absolute atomic E-state index is 12.6. The summed E-state index contributed by atoms with van der Waals surface area (Å²) in [5.41, 5.74) is 1.09. The molecule has 10 heteroatoms. The summed E-state index contributed by atoms with van der Waals surface area (Å²) in [6, 6.07) is 3.84. The topological polar surface area (TPSA) is 94.3 Å². The number of rotatable bonds is 6. The van der Waals surface area contributed by atoms with Gasteiger partial charge in [0.15, 0.2) is 0 Å². The van der Waals surface area contributed by atoms with Crippen molar-refractivity contribution in [2.75, 3.05) is 6.54 Å². The quantitative estimate of drug-likeness (QED) is 0.421. The van der Waals surface area contributed by atoms with Gasteiger partial charge in [0.25, 0.3) is 5.91 Å². The predicted molar refractivity (Wildman–Crippen MR) is 108 cm³/mol. The molecule has 2 N–H and O–H groups in total. The lowest BCUT2D eigenvalue weighted by Crippen LogP contribution is -2.31. The van der Waals surface area contributed by atoms with Crippen molar-refractivity contribution in [3.8, 4) is 5.82 Å². The van der Waals surface area contributed by atoms with E-state index in [-0.39, 0.29) is 23.7 Å². The molecule has 0 aliphatic carbocycles. The van der Waals surface area contributed by atoms with Gasteiger partial charge in [-0.05, 0) is 48.5 Å². The van der Waals surface area contributed by atoms with E-state index in [9.17, 15) is 14.4 Å². The Morgan fingerprint density at radius 1 is 1.37 bits per heavy atom. The Hall–Kier alpha value is -2.30. The third-order valence-electron chi connectivity index (χ3n) is 3.82. The Bertz CT molecular complexity index is 992. The molecule has 27 heavy (non-hydrogen) atoms. The molecule has 1 saturated heterocycles. The van der Waals surface area contributed by atoms with Crippen LogP contribution in [0.15, 0.2) is 34.2 Å². The molecule has 1 aliphatic rings. The number of pyridine rings is 1. The number of thiocarbonyl (C=S) groups is 1. The number of aryl methyl sites for hydroxylation is 1. The van der Waals surface area contributed by atoms with Crippen LogP contribution in [0.2, 0.25) is 0 Å². The van der Waals surface area contributed by atoms with E-state index >= 15 is 0 Å². The van der Waals surface area contributed by atoms with Crippen LogP contribution in [0.1, 0.15) is 23.3 Å². The number of carbonyl (C=O) groups excluding carboxylic acids is 1. The van der Waals surface area contributed by atoms with Gasteiger partial charge in [-0.3, -0.25) is 14.5 Å². The highest BCUT2D eigenvalue weighted by molar-refractivity contribution is 8.26. The largest absolute Gasteiger partial charge is 0.481 e. The van der Waals surface area contributed by atoms with E-state index in [4.69, 9.17) is 17.3 Å². The number of hydrogen-bond donors (Lipinski definition) is 2. The van der Waals surface area contributed by atoms with Gasteiger partial charge >= 0.3 is 16.7 Å². The van der Waals surface area contributed by atoms with Gasteiger partial charge in [-0.15, -0.1) is 0 Å². The lowest BCUT2D eigenvalue weighted by Gasteiger charge is -2.13. The number of aliphatic carboxylic acids is 1. The Kier molecular flexibility index (Phi) is 5.88. The molecule has 7 nitrogen and oxygen atoms in total. The predicted octanol–water partition coefficient (Wildman–Crippen LogP) is 2.09. The van der Waals surface area contributed by atoms with Crippen molar-refractivity contribution >= 4 is 57.6 Å².